The normalized spacial score (nSPS) is 15.5. The number of benzene rings is 2. The van der Waals surface area contributed by atoms with Crippen LogP contribution in [0.5, 0.6) is 5.75 Å². The van der Waals surface area contributed by atoms with Gasteiger partial charge in [0.1, 0.15) is 11.9 Å². The number of hydrogen-bond donors (Lipinski definition) is 2. The summed E-state index contributed by atoms with van der Waals surface area (Å²) in [5, 5.41) is 12.2. The number of hydrogen-bond acceptors (Lipinski definition) is 4. The number of carbonyl (C=O) groups excluding carboxylic acids is 1. The second-order valence-corrected chi connectivity index (χ2v) is 5.84. The number of nitrogens with zero attached hydrogens (tertiary/aromatic N) is 1. The second-order valence-electron chi connectivity index (χ2n) is 5.84. The predicted octanol–water partition coefficient (Wildman–Crippen LogP) is 1.61. The lowest BCUT2D eigenvalue weighted by Gasteiger charge is -2.23. The Morgan fingerprint density at radius 1 is 1.17 bits per heavy atom. The molecule has 1 heterocycles. The summed E-state index contributed by atoms with van der Waals surface area (Å²) in [4.78, 5) is 14.1. The number of para-hydroxylation sites is 2. The van der Waals surface area contributed by atoms with E-state index in [2.05, 4.69) is 11.4 Å². The maximum Gasteiger partial charge on any atom is 0.239 e. The molecule has 24 heavy (non-hydrogen) atoms. The van der Waals surface area contributed by atoms with Crippen molar-refractivity contribution >= 4 is 11.6 Å². The van der Waals surface area contributed by atoms with Crippen molar-refractivity contribution < 1.29 is 14.6 Å². The molecule has 2 N–H and O–H groups in total. The molecule has 0 aromatic heterocycles. The van der Waals surface area contributed by atoms with E-state index in [0.29, 0.717) is 13.1 Å². The zero-order chi connectivity index (χ0) is 16.8. The Bertz CT molecular complexity index is 650. The molecule has 0 spiro atoms. The topological polar surface area (TPSA) is 61.8 Å². The number of fused-ring (bicyclic) bond motifs is 1. The van der Waals surface area contributed by atoms with E-state index in [9.17, 15) is 9.90 Å². The zero-order valence-electron chi connectivity index (χ0n) is 13.5. The molecule has 1 aliphatic rings. The fourth-order valence-corrected chi connectivity index (χ4v) is 2.88. The van der Waals surface area contributed by atoms with Gasteiger partial charge in [-0.1, -0.05) is 36.4 Å². The third-order valence-corrected chi connectivity index (χ3v) is 4.07. The lowest BCUT2D eigenvalue weighted by molar-refractivity contribution is -0.120. The lowest BCUT2D eigenvalue weighted by Crippen LogP contribution is -2.42. The molecule has 0 radical (unpaired) electrons. The molecule has 1 aliphatic heterocycles. The van der Waals surface area contributed by atoms with Crippen LogP contribution in [0.2, 0.25) is 0 Å². The highest BCUT2D eigenvalue weighted by molar-refractivity contribution is 5.81. The van der Waals surface area contributed by atoms with Gasteiger partial charge in [-0.05, 0) is 23.8 Å². The van der Waals surface area contributed by atoms with Gasteiger partial charge in [0.05, 0.1) is 19.7 Å². The monoisotopic (exact) mass is 326 g/mol. The molecule has 0 saturated heterocycles. The van der Waals surface area contributed by atoms with Crippen molar-refractivity contribution in [2.24, 2.45) is 0 Å². The molecule has 1 unspecified atom stereocenters. The molecule has 2 aromatic carbocycles. The Kier molecular flexibility index (Phi) is 5.33. The van der Waals surface area contributed by atoms with Crippen molar-refractivity contribution in [3.8, 4) is 5.75 Å². The van der Waals surface area contributed by atoms with E-state index in [1.165, 1.54) is 5.56 Å². The van der Waals surface area contributed by atoms with E-state index in [1.54, 1.807) is 0 Å². The summed E-state index contributed by atoms with van der Waals surface area (Å²) < 4.78 is 5.83. The number of aliphatic hydroxyl groups is 1. The van der Waals surface area contributed by atoms with Crippen molar-refractivity contribution in [2.75, 3.05) is 31.1 Å². The Balaban J connectivity index is 1.50. The molecule has 1 atom stereocenters. The highest BCUT2D eigenvalue weighted by Crippen LogP contribution is 2.27. The summed E-state index contributed by atoms with van der Waals surface area (Å²) in [6, 6.07) is 17.6. The highest BCUT2D eigenvalue weighted by Gasteiger charge is 2.22. The molecule has 5 nitrogen and oxygen atoms in total. The zero-order valence-corrected chi connectivity index (χ0v) is 13.5. The number of amides is 1. The van der Waals surface area contributed by atoms with Crippen LogP contribution in [-0.2, 0) is 11.2 Å². The quantitative estimate of drug-likeness (QED) is 0.811. The molecular formula is C19H22N2O3. The van der Waals surface area contributed by atoms with Gasteiger partial charge in [-0.15, -0.1) is 0 Å². The maximum atomic E-state index is 12.2. The van der Waals surface area contributed by atoms with Crippen LogP contribution in [0.3, 0.4) is 0 Å². The second kappa shape index (κ2) is 7.84. The summed E-state index contributed by atoms with van der Waals surface area (Å²) in [6.45, 7) is 1.12. The summed E-state index contributed by atoms with van der Waals surface area (Å²) in [7, 11) is 0. The molecule has 2 aromatic rings. The summed E-state index contributed by atoms with van der Waals surface area (Å²) in [6.07, 6.45) is 0.796. The van der Waals surface area contributed by atoms with Gasteiger partial charge < -0.3 is 20.1 Å². The van der Waals surface area contributed by atoms with Gasteiger partial charge in [0.15, 0.2) is 0 Å². The average molecular weight is 326 g/mol. The number of rotatable bonds is 7. The molecular weight excluding hydrogens is 304 g/mol. The van der Waals surface area contributed by atoms with Crippen LogP contribution in [0.15, 0.2) is 54.6 Å². The van der Waals surface area contributed by atoms with E-state index in [-0.39, 0.29) is 25.2 Å². The van der Waals surface area contributed by atoms with Gasteiger partial charge in [0, 0.05) is 18.7 Å². The van der Waals surface area contributed by atoms with Crippen LogP contribution in [0, 0.1) is 0 Å². The Hall–Kier alpha value is -2.53. The molecule has 3 rings (SSSR count). The fraction of sp³-hybridized carbons (Fsp3) is 0.316. The van der Waals surface area contributed by atoms with Crippen molar-refractivity contribution in [1.29, 1.82) is 0 Å². The predicted molar refractivity (Wildman–Crippen MR) is 93.3 cm³/mol. The number of anilines is 1. The van der Waals surface area contributed by atoms with Crippen molar-refractivity contribution in [3.63, 3.8) is 0 Å². The van der Waals surface area contributed by atoms with E-state index in [0.717, 1.165) is 17.9 Å². The Morgan fingerprint density at radius 2 is 1.92 bits per heavy atom. The van der Waals surface area contributed by atoms with Crippen LogP contribution >= 0.6 is 0 Å². The maximum absolute atomic E-state index is 12.2. The Morgan fingerprint density at radius 3 is 2.67 bits per heavy atom. The molecule has 0 bridgehead atoms. The number of carbonyl (C=O) groups is 1. The summed E-state index contributed by atoms with van der Waals surface area (Å²) >= 11 is 0. The molecule has 0 aliphatic carbocycles. The van der Waals surface area contributed by atoms with Crippen LogP contribution in [0.25, 0.3) is 0 Å². The van der Waals surface area contributed by atoms with Crippen LogP contribution in [0.1, 0.15) is 5.56 Å². The van der Waals surface area contributed by atoms with Crippen molar-refractivity contribution in [3.05, 3.63) is 60.2 Å². The first-order valence-corrected chi connectivity index (χ1v) is 8.18. The minimum atomic E-state index is -0.0770. The first-order valence-electron chi connectivity index (χ1n) is 8.18. The minimum absolute atomic E-state index is 0.00319. The van der Waals surface area contributed by atoms with E-state index >= 15 is 0 Å². The minimum Gasteiger partial charge on any atom is -0.488 e. The van der Waals surface area contributed by atoms with Crippen molar-refractivity contribution in [2.45, 2.75) is 12.5 Å². The third-order valence-electron chi connectivity index (χ3n) is 4.07. The third kappa shape index (κ3) is 4.06. The standard InChI is InChI=1S/C19H22N2O3/c22-11-10-21(16-7-2-1-3-8-16)14-19(23)20-13-17-12-15-6-4-5-9-18(15)24-17/h1-9,17,22H,10-14H2,(H,20,23). The van der Waals surface area contributed by atoms with Gasteiger partial charge in [-0.25, -0.2) is 0 Å². The largest absolute Gasteiger partial charge is 0.488 e. The first kappa shape index (κ1) is 16.3. The fourth-order valence-electron chi connectivity index (χ4n) is 2.88. The smallest absolute Gasteiger partial charge is 0.239 e. The molecule has 126 valence electrons. The SMILES string of the molecule is O=C(CN(CCO)c1ccccc1)NCC1Cc2ccccc2O1. The number of aliphatic hydroxyl groups excluding tert-OH is 1. The lowest BCUT2D eigenvalue weighted by atomic mass is 10.1. The molecule has 0 fully saturated rings. The van der Waals surface area contributed by atoms with Crippen LogP contribution in [-0.4, -0.2) is 43.4 Å². The van der Waals surface area contributed by atoms with Gasteiger partial charge in [0.25, 0.3) is 0 Å². The van der Waals surface area contributed by atoms with Crippen molar-refractivity contribution in [1.82, 2.24) is 5.32 Å². The van der Waals surface area contributed by atoms with Gasteiger partial charge in [-0.2, -0.15) is 0 Å². The van der Waals surface area contributed by atoms with Gasteiger partial charge >= 0.3 is 0 Å². The van der Waals surface area contributed by atoms with Gasteiger partial charge in [-0.3, -0.25) is 4.79 Å². The molecule has 5 heteroatoms. The molecule has 0 saturated carbocycles. The van der Waals surface area contributed by atoms with Crippen LogP contribution in [0.4, 0.5) is 5.69 Å². The van der Waals surface area contributed by atoms with Crippen LogP contribution < -0.4 is 15.0 Å². The summed E-state index contributed by atoms with van der Waals surface area (Å²) in [5.41, 5.74) is 2.11. The highest BCUT2D eigenvalue weighted by atomic mass is 16.5. The molecule has 1 amide bonds. The average Bonchev–Trinajstić information content (AvgIpc) is 3.03. The van der Waals surface area contributed by atoms with E-state index < -0.39 is 0 Å². The Labute approximate surface area is 141 Å². The van der Waals surface area contributed by atoms with Gasteiger partial charge in [0.2, 0.25) is 5.91 Å². The summed E-state index contributed by atoms with van der Waals surface area (Å²) in [5.74, 6) is 0.829. The number of nitrogens with one attached hydrogen (secondary N) is 1. The number of ether oxygens (including phenoxy) is 1. The van der Waals surface area contributed by atoms with E-state index in [4.69, 9.17) is 4.74 Å². The van der Waals surface area contributed by atoms with E-state index in [1.807, 2.05) is 53.4 Å². The first-order chi connectivity index (χ1) is 11.8.